The zero-order valence-corrected chi connectivity index (χ0v) is 12.7. The lowest BCUT2D eigenvalue weighted by molar-refractivity contribution is 0.0941. The lowest BCUT2D eigenvalue weighted by Gasteiger charge is -2.14. The molecule has 1 aliphatic rings. The van der Waals surface area contributed by atoms with E-state index in [0.717, 1.165) is 25.8 Å². The normalized spacial score (nSPS) is 18.1. The Labute approximate surface area is 124 Å². The Bertz CT molecular complexity index is 571. The maximum Gasteiger partial charge on any atom is 0.253 e. The van der Waals surface area contributed by atoms with Crippen molar-refractivity contribution in [3.05, 3.63) is 29.8 Å². The summed E-state index contributed by atoms with van der Waals surface area (Å²) in [5, 5.41) is 6.04. The molecular weight excluding hydrogens is 302 g/mol. The molecule has 1 aromatic rings. The Balaban J connectivity index is 0.00000200. The molecule has 1 amide bonds. The minimum atomic E-state index is -3.40. The van der Waals surface area contributed by atoms with Crippen LogP contribution in [0.15, 0.2) is 24.3 Å². The van der Waals surface area contributed by atoms with Gasteiger partial charge in [-0.1, -0.05) is 12.1 Å². The number of rotatable bonds is 4. The number of benzene rings is 1. The summed E-state index contributed by atoms with van der Waals surface area (Å²) in [5.74, 6) is -0.263. The van der Waals surface area contributed by atoms with Crippen LogP contribution in [0.25, 0.3) is 0 Å². The first-order chi connectivity index (χ1) is 8.96. The quantitative estimate of drug-likeness (QED) is 0.757. The van der Waals surface area contributed by atoms with Gasteiger partial charge < -0.3 is 10.6 Å². The highest BCUT2D eigenvalue weighted by molar-refractivity contribution is 7.92. The molecule has 112 valence electrons. The van der Waals surface area contributed by atoms with Crippen molar-refractivity contribution in [2.75, 3.05) is 24.1 Å². The Kier molecular flexibility index (Phi) is 5.79. The number of hydrogen-bond donors (Lipinski definition) is 3. The van der Waals surface area contributed by atoms with Crippen molar-refractivity contribution in [1.82, 2.24) is 10.6 Å². The summed E-state index contributed by atoms with van der Waals surface area (Å²) in [6.07, 6.45) is 1.94. The molecular formula is C12H18ClN3O3S. The van der Waals surface area contributed by atoms with Crippen LogP contribution in [0, 0.1) is 0 Å². The number of hydrogen-bond acceptors (Lipinski definition) is 4. The Morgan fingerprint density at radius 1 is 1.35 bits per heavy atom. The van der Waals surface area contributed by atoms with E-state index < -0.39 is 10.0 Å². The third-order valence-corrected chi connectivity index (χ3v) is 3.45. The van der Waals surface area contributed by atoms with Crippen molar-refractivity contribution in [3.8, 4) is 0 Å². The number of halogens is 1. The van der Waals surface area contributed by atoms with Gasteiger partial charge in [0.05, 0.1) is 17.5 Å². The van der Waals surface area contributed by atoms with Gasteiger partial charge in [-0.05, 0) is 25.1 Å². The molecule has 3 N–H and O–H groups in total. The van der Waals surface area contributed by atoms with E-state index in [1.165, 1.54) is 0 Å². The van der Waals surface area contributed by atoms with Crippen molar-refractivity contribution in [3.63, 3.8) is 0 Å². The maximum atomic E-state index is 12.1. The van der Waals surface area contributed by atoms with Crippen LogP contribution in [0.3, 0.4) is 0 Å². The molecule has 0 radical (unpaired) electrons. The molecule has 0 spiro atoms. The number of anilines is 1. The summed E-state index contributed by atoms with van der Waals surface area (Å²) in [4.78, 5) is 12.1. The smallest absolute Gasteiger partial charge is 0.253 e. The molecule has 2 rings (SSSR count). The lowest BCUT2D eigenvalue weighted by atomic mass is 10.1. The fourth-order valence-electron chi connectivity index (χ4n) is 2.01. The monoisotopic (exact) mass is 319 g/mol. The van der Waals surface area contributed by atoms with E-state index in [2.05, 4.69) is 15.4 Å². The molecule has 6 nitrogen and oxygen atoms in total. The minimum absolute atomic E-state index is 0. The summed E-state index contributed by atoms with van der Waals surface area (Å²) in [6.45, 7) is 1.63. The zero-order chi connectivity index (χ0) is 13.9. The van der Waals surface area contributed by atoms with Gasteiger partial charge in [0.1, 0.15) is 0 Å². The van der Waals surface area contributed by atoms with E-state index in [1.807, 2.05) is 0 Å². The second kappa shape index (κ2) is 6.92. The third kappa shape index (κ3) is 4.66. The summed E-state index contributed by atoms with van der Waals surface area (Å²) in [5.41, 5.74) is 0.633. The van der Waals surface area contributed by atoms with Crippen LogP contribution < -0.4 is 15.4 Å². The van der Waals surface area contributed by atoms with Gasteiger partial charge in [-0.3, -0.25) is 9.52 Å². The minimum Gasteiger partial charge on any atom is -0.348 e. The molecule has 8 heteroatoms. The van der Waals surface area contributed by atoms with Crippen LogP contribution in [0.2, 0.25) is 0 Å². The Morgan fingerprint density at radius 3 is 2.65 bits per heavy atom. The SMILES string of the molecule is CS(=O)(=O)Nc1ccccc1C(=O)NC1CCNC1.Cl. The van der Waals surface area contributed by atoms with Crippen molar-refractivity contribution < 1.29 is 13.2 Å². The maximum absolute atomic E-state index is 12.1. The lowest BCUT2D eigenvalue weighted by Crippen LogP contribution is -2.36. The number of nitrogens with one attached hydrogen (secondary N) is 3. The molecule has 1 aromatic carbocycles. The highest BCUT2D eigenvalue weighted by Crippen LogP contribution is 2.16. The van der Waals surface area contributed by atoms with Gasteiger partial charge in [-0.25, -0.2) is 8.42 Å². The molecule has 0 aromatic heterocycles. The van der Waals surface area contributed by atoms with Gasteiger partial charge in [0, 0.05) is 12.6 Å². The average molecular weight is 320 g/mol. The van der Waals surface area contributed by atoms with E-state index in [-0.39, 0.29) is 24.4 Å². The highest BCUT2D eigenvalue weighted by Gasteiger charge is 2.19. The number of para-hydroxylation sites is 1. The van der Waals surface area contributed by atoms with Crippen LogP contribution in [-0.2, 0) is 10.0 Å². The predicted molar refractivity (Wildman–Crippen MR) is 80.9 cm³/mol. The first-order valence-electron chi connectivity index (χ1n) is 6.04. The van der Waals surface area contributed by atoms with Crippen LogP contribution in [0.5, 0.6) is 0 Å². The molecule has 1 unspecified atom stereocenters. The molecule has 1 atom stereocenters. The first kappa shape index (κ1) is 16.7. The molecule has 0 bridgehead atoms. The fraction of sp³-hybridized carbons (Fsp3) is 0.417. The van der Waals surface area contributed by atoms with E-state index in [0.29, 0.717) is 11.3 Å². The largest absolute Gasteiger partial charge is 0.348 e. The molecule has 0 aliphatic carbocycles. The molecule has 1 saturated heterocycles. The van der Waals surface area contributed by atoms with Gasteiger partial charge >= 0.3 is 0 Å². The predicted octanol–water partition coefficient (Wildman–Crippen LogP) is 0.572. The zero-order valence-electron chi connectivity index (χ0n) is 11.0. The third-order valence-electron chi connectivity index (χ3n) is 2.86. The van der Waals surface area contributed by atoms with E-state index in [4.69, 9.17) is 0 Å². The average Bonchev–Trinajstić information content (AvgIpc) is 2.80. The number of amides is 1. The van der Waals surface area contributed by atoms with E-state index >= 15 is 0 Å². The standard InChI is InChI=1S/C12H17N3O3S.ClH/c1-19(17,18)15-11-5-3-2-4-10(11)12(16)14-9-6-7-13-8-9;/h2-5,9,13,15H,6-8H2,1H3,(H,14,16);1H. The summed E-state index contributed by atoms with van der Waals surface area (Å²) in [7, 11) is -3.40. The van der Waals surface area contributed by atoms with Crippen LogP contribution >= 0.6 is 12.4 Å². The van der Waals surface area contributed by atoms with Crippen LogP contribution in [0.1, 0.15) is 16.8 Å². The Morgan fingerprint density at radius 2 is 2.05 bits per heavy atom. The van der Waals surface area contributed by atoms with Gasteiger partial charge in [-0.15, -0.1) is 12.4 Å². The van der Waals surface area contributed by atoms with Crippen molar-refractivity contribution in [2.24, 2.45) is 0 Å². The van der Waals surface area contributed by atoms with Crippen LogP contribution in [0.4, 0.5) is 5.69 Å². The van der Waals surface area contributed by atoms with Crippen molar-refractivity contribution >= 4 is 34.0 Å². The Hall–Kier alpha value is -1.31. The second-order valence-electron chi connectivity index (χ2n) is 4.58. The first-order valence-corrected chi connectivity index (χ1v) is 7.93. The number of carbonyl (C=O) groups is 1. The molecule has 1 fully saturated rings. The summed E-state index contributed by atoms with van der Waals surface area (Å²) >= 11 is 0. The van der Waals surface area contributed by atoms with Crippen LogP contribution in [-0.4, -0.2) is 39.7 Å². The van der Waals surface area contributed by atoms with Gasteiger partial charge in [0.25, 0.3) is 5.91 Å². The number of sulfonamides is 1. The van der Waals surface area contributed by atoms with Crippen molar-refractivity contribution in [1.29, 1.82) is 0 Å². The van der Waals surface area contributed by atoms with E-state index in [1.54, 1.807) is 24.3 Å². The number of carbonyl (C=O) groups excluding carboxylic acids is 1. The summed E-state index contributed by atoms with van der Waals surface area (Å²) in [6, 6.07) is 6.66. The van der Waals surface area contributed by atoms with Gasteiger partial charge in [-0.2, -0.15) is 0 Å². The fourth-order valence-corrected chi connectivity index (χ4v) is 2.59. The van der Waals surface area contributed by atoms with E-state index in [9.17, 15) is 13.2 Å². The van der Waals surface area contributed by atoms with Gasteiger partial charge in [0.15, 0.2) is 0 Å². The molecule has 20 heavy (non-hydrogen) atoms. The van der Waals surface area contributed by atoms with Gasteiger partial charge in [0.2, 0.25) is 10.0 Å². The molecule has 1 aliphatic heterocycles. The molecule has 1 heterocycles. The summed E-state index contributed by atoms with van der Waals surface area (Å²) < 4.78 is 24.9. The highest BCUT2D eigenvalue weighted by atomic mass is 35.5. The van der Waals surface area contributed by atoms with Crippen molar-refractivity contribution in [2.45, 2.75) is 12.5 Å². The second-order valence-corrected chi connectivity index (χ2v) is 6.33. The molecule has 0 saturated carbocycles. The topological polar surface area (TPSA) is 87.3 Å².